The van der Waals surface area contributed by atoms with Gasteiger partial charge < -0.3 is 5.32 Å². The number of nitrogens with zero attached hydrogens (tertiary/aromatic N) is 5. The molecule has 16 heavy (non-hydrogen) atoms. The van der Waals surface area contributed by atoms with Crippen LogP contribution >= 0.6 is 0 Å². The molecule has 1 aromatic rings. The molecule has 1 aliphatic heterocycles. The fraction of sp³-hybridized carbons (Fsp3) is 0.900. The average molecular weight is 224 g/mol. The van der Waals surface area contributed by atoms with E-state index < -0.39 is 0 Å². The molecule has 2 rings (SSSR count). The van der Waals surface area contributed by atoms with E-state index in [-0.39, 0.29) is 5.54 Å². The smallest absolute Gasteiger partial charge is 0.188 e. The largest absolute Gasteiger partial charge is 0.311 e. The molecule has 0 aromatic carbocycles. The Labute approximate surface area is 96.0 Å². The topological polar surface area (TPSA) is 58.9 Å². The SMILES string of the molecule is CC1CN(Cc2nnn(C)n2)C(C)(C)CN1. The Hall–Kier alpha value is -1.01. The van der Waals surface area contributed by atoms with E-state index in [9.17, 15) is 0 Å². The van der Waals surface area contributed by atoms with Crippen molar-refractivity contribution in [2.75, 3.05) is 13.1 Å². The fourth-order valence-electron chi connectivity index (χ4n) is 2.01. The van der Waals surface area contributed by atoms with Gasteiger partial charge in [0.15, 0.2) is 5.82 Å². The van der Waals surface area contributed by atoms with Gasteiger partial charge >= 0.3 is 0 Å². The summed E-state index contributed by atoms with van der Waals surface area (Å²) in [5.74, 6) is 0.796. The summed E-state index contributed by atoms with van der Waals surface area (Å²) >= 11 is 0. The lowest BCUT2D eigenvalue weighted by Crippen LogP contribution is -2.60. The van der Waals surface area contributed by atoms with Crippen molar-refractivity contribution < 1.29 is 0 Å². The molecule has 1 aliphatic rings. The molecule has 1 fully saturated rings. The van der Waals surface area contributed by atoms with Crippen LogP contribution in [0.5, 0.6) is 0 Å². The highest BCUT2D eigenvalue weighted by atomic mass is 15.6. The summed E-state index contributed by atoms with van der Waals surface area (Å²) in [5.41, 5.74) is 0.145. The van der Waals surface area contributed by atoms with Crippen LogP contribution in [0.1, 0.15) is 26.6 Å². The summed E-state index contributed by atoms with van der Waals surface area (Å²) < 4.78 is 0. The normalized spacial score (nSPS) is 25.9. The van der Waals surface area contributed by atoms with Gasteiger partial charge in [-0.15, -0.1) is 10.2 Å². The second-order valence-electron chi connectivity index (χ2n) is 5.17. The molecule has 90 valence electrons. The molecule has 6 nitrogen and oxygen atoms in total. The minimum Gasteiger partial charge on any atom is -0.311 e. The summed E-state index contributed by atoms with van der Waals surface area (Å²) in [6.45, 7) is 9.46. The molecule has 1 N–H and O–H groups in total. The molecular formula is C10H20N6. The minimum absolute atomic E-state index is 0.145. The van der Waals surface area contributed by atoms with E-state index >= 15 is 0 Å². The van der Waals surface area contributed by atoms with Crippen LogP contribution in [0.3, 0.4) is 0 Å². The van der Waals surface area contributed by atoms with Gasteiger partial charge in [0, 0.05) is 24.7 Å². The predicted octanol–water partition coefficient (Wildman–Crippen LogP) is -0.218. The third-order valence-corrected chi connectivity index (χ3v) is 3.12. The Morgan fingerprint density at radius 3 is 2.88 bits per heavy atom. The lowest BCUT2D eigenvalue weighted by molar-refractivity contribution is 0.0601. The monoisotopic (exact) mass is 224 g/mol. The first kappa shape index (κ1) is 11.5. The van der Waals surface area contributed by atoms with Crippen molar-refractivity contribution in [3.63, 3.8) is 0 Å². The van der Waals surface area contributed by atoms with Crippen molar-refractivity contribution >= 4 is 0 Å². The molecule has 0 bridgehead atoms. The molecule has 1 aromatic heterocycles. The fourth-order valence-corrected chi connectivity index (χ4v) is 2.01. The maximum atomic E-state index is 4.23. The maximum Gasteiger partial charge on any atom is 0.188 e. The Kier molecular flexibility index (Phi) is 2.94. The summed E-state index contributed by atoms with van der Waals surface area (Å²) in [6, 6.07) is 0.518. The number of aromatic nitrogens is 4. The van der Waals surface area contributed by atoms with Crippen LogP contribution < -0.4 is 5.32 Å². The van der Waals surface area contributed by atoms with E-state index in [2.05, 4.69) is 46.4 Å². The molecule has 0 radical (unpaired) electrons. The van der Waals surface area contributed by atoms with Crippen LogP contribution in [-0.4, -0.2) is 49.8 Å². The molecule has 1 saturated heterocycles. The van der Waals surface area contributed by atoms with E-state index in [1.165, 1.54) is 4.80 Å². The van der Waals surface area contributed by atoms with Crippen LogP contribution in [0, 0.1) is 0 Å². The zero-order valence-corrected chi connectivity index (χ0v) is 10.4. The predicted molar refractivity (Wildman–Crippen MR) is 60.8 cm³/mol. The first-order valence-electron chi connectivity index (χ1n) is 5.69. The summed E-state index contributed by atoms with van der Waals surface area (Å²) in [6.07, 6.45) is 0. The van der Waals surface area contributed by atoms with E-state index in [0.29, 0.717) is 6.04 Å². The first-order chi connectivity index (χ1) is 7.47. The second-order valence-corrected chi connectivity index (χ2v) is 5.17. The maximum absolute atomic E-state index is 4.23. The van der Waals surface area contributed by atoms with Crippen LogP contribution in [0.2, 0.25) is 0 Å². The van der Waals surface area contributed by atoms with Gasteiger partial charge in [-0.3, -0.25) is 4.90 Å². The highest BCUT2D eigenvalue weighted by Gasteiger charge is 2.32. The number of aryl methyl sites for hydroxylation is 1. The zero-order valence-electron chi connectivity index (χ0n) is 10.4. The van der Waals surface area contributed by atoms with Crippen molar-refractivity contribution in [3.05, 3.63) is 5.82 Å². The van der Waals surface area contributed by atoms with E-state index in [1.807, 2.05) is 0 Å². The van der Waals surface area contributed by atoms with Crippen LogP contribution in [0.25, 0.3) is 0 Å². The van der Waals surface area contributed by atoms with Gasteiger partial charge in [-0.05, 0) is 26.0 Å². The third-order valence-electron chi connectivity index (χ3n) is 3.12. The van der Waals surface area contributed by atoms with Gasteiger partial charge in [-0.1, -0.05) is 0 Å². The molecule has 0 aliphatic carbocycles. The molecular weight excluding hydrogens is 204 g/mol. The highest BCUT2D eigenvalue weighted by molar-refractivity contribution is 4.93. The van der Waals surface area contributed by atoms with Crippen molar-refractivity contribution in [2.24, 2.45) is 7.05 Å². The van der Waals surface area contributed by atoms with Gasteiger partial charge in [-0.2, -0.15) is 4.80 Å². The molecule has 0 spiro atoms. The van der Waals surface area contributed by atoms with Gasteiger partial charge in [0.05, 0.1) is 13.6 Å². The third kappa shape index (κ3) is 2.38. The molecule has 0 saturated carbocycles. The summed E-state index contributed by atoms with van der Waals surface area (Å²) in [4.78, 5) is 3.92. The molecule has 1 unspecified atom stereocenters. The standard InChI is InChI=1S/C10H20N6/c1-8-5-16(10(2,3)7-11-8)6-9-12-14-15(4)13-9/h8,11H,5-7H2,1-4H3. The van der Waals surface area contributed by atoms with Crippen molar-refractivity contribution in [1.29, 1.82) is 0 Å². The van der Waals surface area contributed by atoms with E-state index in [1.54, 1.807) is 7.05 Å². The quantitative estimate of drug-likeness (QED) is 0.753. The van der Waals surface area contributed by atoms with Crippen LogP contribution in [0.4, 0.5) is 0 Å². The van der Waals surface area contributed by atoms with E-state index in [4.69, 9.17) is 0 Å². The number of hydrogen-bond donors (Lipinski definition) is 1. The van der Waals surface area contributed by atoms with Crippen LogP contribution in [0.15, 0.2) is 0 Å². The zero-order chi connectivity index (χ0) is 11.8. The van der Waals surface area contributed by atoms with Crippen LogP contribution in [-0.2, 0) is 13.6 Å². The summed E-state index contributed by atoms with van der Waals surface area (Å²) in [5, 5.41) is 15.6. The second kappa shape index (κ2) is 4.10. The molecule has 0 amide bonds. The van der Waals surface area contributed by atoms with Crippen molar-refractivity contribution in [3.8, 4) is 0 Å². The Balaban J connectivity index is 2.06. The minimum atomic E-state index is 0.145. The number of nitrogens with one attached hydrogen (secondary N) is 1. The number of tetrazole rings is 1. The number of rotatable bonds is 2. The highest BCUT2D eigenvalue weighted by Crippen LogP contribution is 2.19. The van der Waals surface area contributed by atoms with Gasteiger partial charge in [0.25, 0.3) is 0 Å². The Morgan fingerprint density at radius 2 is 2.25 bits per heavy atom. The molecule has 2 heterocycles. The van der Waals surface area contributed by atoms with Gasteiger partial charge in [0.1, 0.15) is 0 Å². The lowest BCUT2D eigenvalue weighted by atomic mass is 9.98. The average Bonchev–Trinajstić information content (AvgIpc) is 2.59. The van der Waals surface area contributed by atoms with Crippen molar-refractivity contribution in [2.45, 2.75) is 38.9 Å². The number of hydrogen-bond acceptors (Lipinski definition) is 5. The van der Waals surface area contributed by atoms with E-state index in [0.717, 1.165) is 25.5 Å². The Bertz CT molecular complexity index is 358. The lowest BCUT2D eigenvalue weighted by Gasteiger charge is -2.44. The van der Waals surface area contributed by atoms with Gasteiger partial charge in [0.2, 0.25) is 0 Å². The number of piperazine rings is 1. The Morgan fingerprint density at radius 1 is 1.50 bits per heavy atom. The summed E-state index contributed by atoms with van der Waals surface area (Å²) in [7, 11) is 1.79. The molecule has 6 heteroatoms. The van der Waals surface area contributed by atoms with Crippen molar-refractivity contribution in [1.82, 2.24) is 30.4 Å². The molecule has 1 atom stereocenters. The van der Waals surface area contributed by atoms with Gasteiger partial charge in [-0.25, -0.2) is 0 Å². The first-order valence-corrected chi connectivity index (χ1v) is 5.69.